The van der Waals surface area contributed by atoms with Gasteiger partial charge in [0.15, 0.2) is 0 Å². The molecular formula is C16H24N2O2. The van der Waals surface area contributed by atoms with Crippen LogP contribution in [0.15, 0.2) is 24.3 Å². The fourth-order valence-corrected chi connectivity index (χ4v) is 2.68. The average Bonchev–Trinajstić information content (AvgIpc) is 2.48. The molecule has 2 N–H and O–H groups in total. The fourth-order valence-electron chi connectivity index (χ4n) is 2.68. The molecule has 0 atom stereocenters. The minimum atomic E-state index is 0.00106. The number of amides is 1. The van der Waals surface area contributed by atoms with Crippen molar-refractivity contribution in [1.29, 1.82) is 0 Å². The highest BCUT2D eigenvalue weighted by Gasteiger charge is 2.22. The molecule has 1 fully saturated rings. The van der Waals surface area contributed by atoms with Crippen molar-refractivity contribution in [3.8, 4) is 0 Å². The van der Waals surface area contributed by atoms with Crippen LogP contribution in [-0.4, -0.2) is 37.8 Å². The molecule has 4 heteroatoms. The molecular weight excluding hydrogens is 252 g/mol. The lowest BCUT2D eigenvalue weighted by Crippen LogP contribution is -2.38. The molecule has 1 amide bonds. The average molecular weight is 276 g/mol. The molecule has 1 aliphatic rings. The quantitative estimate of drug-likeness (QED) is 0.885. The summed E-state index contributed by atoms with van der Waals surface area (Å²) in [5, 5.41) is 12.2. The maximum atomic E-state index is 12.3. The number of hydrogen-bond acceptors (Lipinski definition) is 3. The summed E-state index contributed by atoms with van der Waals surface area (Å²) in [4.78, 5) is 14.2. The Balaban J connectivity index is 1.93. The number of aliphatic hydroxyl groups is 1. The minimum Gasteiger partial charge on any atom is -0.396 e. The number of aliphatic hydroxyl groups excluding tert-OH is 1. The topological polar surface area (TPSA) is 52.6 Å². The number of anilines is 1. The van der Waals surface area contributed by atoms with Gasteiger partial charge in [-0.2, -0.15) is 0 Å². The Bertz CT molecular complexity index is 452. The van der Waals surface area contributed by atoms with Crippen molar-refractivity contribution in [1.82, 2.24) is 5.32 Å². The van der Waals surface area contributed by atoms with Crippen LogP contribution >= 0.6 is 0 Å². The largest absolute Gasteiger partial charge is 0.396 e. The highest BCUT2D eigenvalue weighted by molar-refractivity contribution is 5.95. The maximum Gasteiger partial charge on any atom is 0.251 e. The number of rotatable bonds is 4. The van der Waals surface area contributed by atoms with E-state index in [2.05, 4.69) is 5.32 Å². The summed E-state index contributed by atoms with van der Waals surface area (Å²) < 4.78 is 0. The van der Waals surface area contributed by atoms with Crippen molar-refractivity contribution in [3.05, 3.63) is 29.8 Å². The van der Waals surface area contributed by atoms with E-state index < -0.39 is 0 Å². The fraction of sp³-hybridized carbons (Fsp3) is 0.562. The van der Waals surface area contributed by atoms with Crippen molar-refractivity contribution in [2.75, 3.05) is 25.6 Å². The zero-order valence-corrected chi connectivity index (χ0v) is 12.3. The summed E-state index contributed by atoms with van der Waals surface area (Å²) in [6, 6.07) is 7.90. The molecule has 1 saturated carbocycles. The number of carbonyl (C=O) groups is 1. The zero-order chi connectivity index (χ0) is 14.5. The molecule has 0 unspecified atom stereocenters. The Kier molecular flexibility index (Phi) is 5.01. The van der Waals surface area contributed by atoms with Gasteiger partial charge in [-0.3, -0.25) is 4.79 Å². The van der Waals surface area contributed by atoms with Crippen LogP contribution in [0.3, 0.4) is 0 Å². The lowest BCUT2D eigenvalue weighted by atomic mass is 9.86. The Morgan fingerprint density at radius 1 is 1.30 bits per heavy atom. The number of carbonyl (C=O) groups excluding carboxylic acids is 1. The lowest BCUT2D eigenvalue weighted by Gasteiger charge is -2.28. The van der Waals surface area contributed by atoms with Crippen LogP contribution < -0.4 is 10.2 Å². The van der Waals surface area contributed by atoms with Crippen LogP contribution in [0.4, 0.5) is 5.69 Å². The van der Waals surface area contributed by atoms with Crippen LogP contribution in [0.5, 0.6) is 0 Å². The molecule has 4 nitrogen and oxygen atoms in total. The van der Waals surface area contributed by atoms with Gasteiger partial charge < -0.3 is 15.3 Å². The standard InChI is InChI=1S/C16H24N2O2/c1-18(2)15-5-3-4-13(10-15)16(20)17-14-8-6-12(11-19)7-9-14/h3-5,10,12,14,19H,6-9,11H2,1-2H3,(H,17,20). The van der Waals surface area contributed by atoms with Crippen LogP contribution in [0.25, 0.3) is 0 Å². The SMILES string of the molecule is CN(C)c1cccc(C(=O)NC2CCC(CO)CC2)c1. The van der Waals surface area contributed by atoms with Crippen LogP contribution in [0, 0.1) is 5.92 Å². The van der Waals surface area contributed by atoms with Gasteiger partial charge in [0, 0.05) is 38.0 Å². The van der Waals surface area contributed by atoms with Crippen molar-refractivity contribution in [2.24, 2.45) is 5.92 Å². The van der Waals surface area contributed by atoms with Gasteiger partial charge in [-0.1, -0.05) is 6.07 Å². The Morgan fingerprint density at radius 2 is 2.00 bits per heavy atom. The Morgan fingerprint density at radius 3 is 2.60 bits per heavy atom. The highest BCUT2D eigenvalue weighted by atomic mass is 16.3. The van der Waals surface area contributed by atoms with E-state index in [-0.39, 0.29) is 18.6 Å². The summed E-state index contributed by atoms with van der Waals surface area (Å²) in [7, 11) is 3.93. The van der Waals surface area contributed by atoms with Crippen molar-refractivity contribution < 1.29 is 9.90 Å². The first-order valence-corrected chi connectivity index (χ1v) is 7.29. The molecule has 0 bridgehead atoms. The maximum absolute atomic E-state index is 12.3. The molecule has 0 radical (unpaired) electrons. The first-order valence-electron chi connectivity index (χ1n) is 7.29. The predicted molar refractivity (Wildman–Crippen MR) is 81.1 cm³/mol. The molecule has 2 rings (SSSR count). The number of benzene rings is 1. The third-order valence-corrected chi connectivity index (χ3v) is 4.06. The Labute approximate surface area is 120 Å². The highest BCUT2D eigenvalue weighted by Crippen LogP contribution is 2.24. The van der Waals surface area contributed by atoms with Gasteiger partial charge in [-0.15, -0.1) is 0 Å². The molecule has 0 spiro atoms. The summed E-state index contributed by atoms with van der Waals surface area (Å²) in [5.74, 6) is 0.418. The lowest BCUT2D eigenvalue weighted by molar-refractivity contribution is 0.0914. The van der Waals surface area contributed by atoms with Gasteiger partial charge in [0.05, 0.1) is 0 Å². The second-order valence-corrected chi connectivity index (χ2v) is 5.82. The van der Waals surface area contributed by atoms with E-state index >= 15 is 0 Å². The molecule has 20 heavy (non-hydrogen) atoms. The second kappa shape index (κ2) is 6.75. The van der Waals surface area contributed by atoms with Crippen molar-refractivity contribution >= 4 is 11.6 Å². The molecule has 0 saturated heterocycles. The Hall–Kier alpha value is -1.55. The summed E-state index contributed by atoms with van der Waals surface area (Å²) in [5.41, 5.74) is 1.74. The molecule has 0 aliphatic heterocycles. The molecule has 0 heterocycles. The van der Waals surface area contributed by atoms with E-state index in [0.29, 0.717) is 11.5 Å². The van der Waals surface area contributed by atoms with E-state index in [1.165, 1.54) is 0 Å². The molecule has 1 aliphatic carbocycles. The zero-order valence-electron chi connectivity index (χ0n) is 12.3. The summed E-state index contributed by atoms with van der Waals surface area (Å²) >= 11 is 0. The van der Waals surface area contributed by atoms with Crippen LogP contribution in [0.2, 0.25) is 0 Å². The second-order valence-electron chi connectivity index (χ2n) is 5.82. The van der Waals surface area contributed by atoms with E-state index in [4.69, 9.17) is 5.11 Å². The first-order chi connectivity index (χ1) is 9.60. The molecule has 0 aromatic heterocycles. The number of nitrogens with one attached hydrogen (secondary N) is 1. The number of hydrogen-bond donors (Lipinski definition) is 2. The van der Waals surface area contributed by atoms with Gasteiger partial charge in [0.25, 0.3) is 5.91 Å². The minimum absolute atomic E-state index is 0.00106. The molecule has 1 aromatic carbocycles. The van der Waals surface area contributed by atoms with Gasteiger partial charge in [-0.05, 0) is 49.8 Å². The normalized spacial score (nSPS) is 22.4. The van der Waals surface area contributed by atoms with E-state index in [0.717, 1.165) is 31.4 Å². The molecule has 110 valence electrons. The van der Waals surface area contributed by atoms with Gasteiger partial charge in [-0.25, -0.2) is 0 Å². The van der Waals surface area contributed by atoms with E-state index in [9.17, 15) is 4.79 Å². The van der Waals surface area contributed by atoms with Gasteiger partial charge >= 0.3 is 0 Å². The van der Waals surface area contributed by atoms with Gasteiger partial charge in [0.2, 0.25) is 0 Å². The summed E-state index contributed by atoms with van der Waals surface area (Å²) in [6.45, 7) is 0.269. The van der Waals surface area contributed by atoms with Gasteiger partial charge in [0.1, 0.15) is 0 Å². The summed E-state index contributed by atoms with van der Waals surface area (Å²) in [6.07, 6.45) is 3.92. The van der Waals surface area contributed by atoms with Crippen LogP contribution in [-0.2, 0) is 0 Å². The monoisotopic (exact) mass is 276 g/mol. The van der Waals surface area contributed by atoms with E-state index in [1.54, 1.807) is 0 Å². The third-order valence-electron chi connectivity index (χ3n) is 4.06. The van der Waals surface area contributed by atoms with Crippen molar-refractivity contribution in [2.45, 2.75) is 31.7 Å². The van der Waals surface area contributed by atoms with Crippen molar-refractivity contribution in [3.63, 3.8) is 0 Å². The smallest absolute Gasteiger partial charge is 0.251 e. The first kappa shape index (κ1) is 14.9. The predicted octanol–water partition coefficient (Wildman–Crippen LogP) is 2.03. The van der Waals surface area contributed by atoms with Crippen LogP contribution in [0.1, 0.15) is 36.0 Å². The number of nitrogens with zero attached hydrogens (tertiary/aromatic N) is 1. The van der Waals surface area contributed by atoms with E-state index in [1.807, 2.05) is 43.3 Å². The molecule has 1 aromatic rings. The third kappa shape index (κ3) is 3.73.